The lowest BCUT2D eigenvalue weighted by Gasteiger charge is -2.12. The van der Waals surface area contributed by atoms with Crippen molar-refractivity contribution < 1.29 is 14.6 Å². The van der Waals surface area contributed by atoms with Crippen LogP contribution in [0.15, 0.2) is 18.2 Å². The van der Waals surface area contributed by atoms with Crippen molar-refractivity contribution in [3.8, 4) is 11.5 Å². The van der Waals surface area contributed by atoms with Gasteiger partial charge in [-0.15, -0.1) is 0 Å². The van der Waals surface area contributed by atoms with Crippen LogP contribution in [-0.4, -0.2) is 30.7 Å². The van der Waals surface area contributed by atoms with Crippen molar-refractivity contribution in [2.75, 3.05) is 13.7 Å². The molecule has 0 aliphatic heterocycles. The molecule has 5 heteroatoms. The average molecular weight is 224 g/mol. The topological polar surface area (TPSA) is 84.6 Å². The van der Waals surface area contributed by atoms with E-state index in [9.17, 15) is 9.90 Å². The Morgan fingerprint density at radius 2 is 2.31 bits per heavy atom. The second kappa shape index (κ2) is 5.37. The average Bonchev–Trinajstić information content (AvgIpc) is 2.28. The molecule has 0 radical (unpaired) electrons. The van der Waals surface area contributed by atoms with Gasteiger partial charge in [-0.05, 0) is 19.1 Å². The summed E-state index contributed by atoms with van der Waals surface area (Å²) in [6.07, 6.45) is 0. The molecule has 1 rings (SSSR count). The molecule has 0 saturated carbocycles. The van der Waals surface area contributed by atoms with Gasteiger partial charge in [0.2, 0.25) is 0 Å². The first-order valence-corrected chi connectivity index (χ1v) is 4.96. The number of carbonyl (C=O) groups is 1. The third-order valence-electron chi connectivity index (χ3n) is 2.18. The smallest absolute Gasteiger partial charge is 0.255 e. The van der Waals surface area contributed by atoms with Gasteiger partial charge in [0.05, 0.1) is 12.7 Å². The first-order chi connectivity index (χ1) is 7.58. The third-order valence-corrected chi connectivity index (χ3v) is 2.18. The molecular formula is C11H16N2O3. The molecule has 0 bridgehead atoms. The Kier molecular flexibility index (Phi) is 4.13. The van der Waals surface area contributed by atoms with Crippen LogP contribution in [0.3, 0.4) is 0 Å². The van der Waals surface area contributed by atoms with E-state index in [4.69, 9.17) is 10.5 Å². The number of phenolic OH excluding ortho intramolecular Hbond substituents is 1. The molecule has 88 valence electrons. The Morgan fingerprint density at radius 1 is 1.62 bits per heavy atom. The molecule has 5 nitrogen and oxygen atoms in total. The fourth-order valence-electron chi connectivity index (χ4n) is 1.19. The zero-order valence-corrected chi connectivity index (χ0v) is 9.36. The van der Waals surface area contributed by atoms with Gasteiger partial charge in [-0.2, -0.15) is 0 Å². The SMILES string of the molecule is COc1ccc(C(=O)NC(C)CN)c(O)c1. The Labute approximate surface area is 94.2 Å². The number of nitrogens with one attached hydrogen (secondary N) is 1. The van der Waals surface area contributed by atoms with Crippen LogP contribution in [0.1, 0.15) is 17.3 Å². The van der Waals surface area contributed by atoms with E-state index in [1.54, 1.807) is 13.0 Å². The van der Waals surface area contributed by atoms with Crippen molar-refractivity contribution in [1.29, 1.82) is 0 Å². The van der Waals surface area contributed by atoms with Crippen LogP contribution >= 0.6 is 0 Å². The number of methoxy groups -OCH3 is 1. The van der Waals surface area contributed by atoms with Crippen LogP contribution in [0, 0.1) is 0 Å². The van der Waals surface area contributed by atoms with Gasteiger partial charge >= 0.3 is 0 Å². The monoisotopic (exact) mass is 224 g/mol. The van der Waals surface area contributed by atoms with Gasteiger partial charge in [-0.1, -0.05) is 0 Å². The van der Waals surface area contributed by atoms with Crippen molar-refractivity contribution in [2.45, 2.75) is 13.0 Å². The van der Waals surface area contributed by atoms with E-state index in [0.717, 1.165) is 0 Å². The van der Waals surface area contributed by atoms with Gasteiger partial charge in [0, 0.05) is 18.7 Å². The highest BCUT2D eigenvalue weighted by atomic mass is 16.5. The molecule has 16 heavy (non-hydrogen) atoms. The number of carbonyl (C=O) groups excluding carboxylic acids is 1. The highest BCUT2D eigenvalue weighted by Crippen LogP contribution is 2.23. The molecule has 0 aromatic heterocycles. The Bertz CT molecular complexity index is 379. The van der Waals surface area contributed by atoms with E-state index in [-0.39, 0.29) is 23.3 Å². The lowest BCUT2D eigenvalue weighted by molar-refractivity contribution is 0.0938. The fourth-order valence-corrected chi connectivity index (χ4v) is 1.19. The molecule has 1 amide bonds. The van der Waals surface area contributed by atoms with Gasteiger partial charge in [-0.25, -0.2) is 0 Å². The molecule has 1 atom stereocenters. The van der Waals surface area contributed by atoms with Crippen LogP contribution < -0.4 is 15.8 Å². The Hall–Kier alpha value is -1.75. The van der Waals surface area contributed by atoms with Crippen molar-refractivity contribution in [2.24, 2.45) is 5.73 Å². The number of phenols is 1. The van der Waals surface area contributed by atoms with Crippen LogP contribution in [0.25, 0.3) is 0 Å². The summed E-state index contributed by atoms with van der Waals surface area (Å²) in [6.45, 7) is 2.14. The summed E-state index contributed by atoms with van der Waals surface area (Å²) in [4.78, 5) is 11.7. The maximum absolute atomic E-state index is 11.7. The zero-order chi connectivity index (χ0) is 12.1. The summed E-state index contributed by atoms with van der Waals surface area (Å²) in [5, 5.41) is 12.3. The molecule has 1 aromatic rings. The van der Waals surface area contributed by atoms with E-state index in [1.165, 1.54) is 19.2 Å². The first kappa shape index (κ1) is 12.3. The van der Waals surface area contributed by atoms with Crippen LogP contribution in [0.5, 0.6) is 11.5 Å². The number of nitrogens with two attached hydrogens (primary N) is 1. The standard InChI is InChI=1S/C11H16N2O3/c1-7(6-12)13-11(15)9-4-3-8(16-2)5-10(9)14/h3-5,7,14H,6,12H2,1-2H3,(H,13,15). The van der Waals surface area contributed by atoms with Crippen molar-refractivity contribution >= 4 is 5.91 Å². The summed E-state index contributed by atoms with van der Waals surface area (Å²) in [5.74, 6) is 0.0418. The lowest BCUT2D eigenvalue weighted by atomic mass is 10.1. The maximum Gasteiger partial charge on any atom is 0.255 e. The lowest BCUT2D eigenvalue weighted by Crippen LogP contribution is -2.37. The molecule has 0 fully saturated rings. The maximum atomic E-state index is 11.7. The molecule has 1 unspecified atom stereocenters. The largest absolute Gasteiger partial charge is 0.507 e. The molecule has 0 saturated heterocycles. The summed E-state index contributed by atoms with van der Waals surface area (Å²) in [5.41, 5.74) is 5.59. The quantitative estimate of drug-likeness (QED) is 0.694. The third kappa shape index (κ3) is 2.87. The van der Waals surface area contributed by atoms with Crippen LogP contribution in [0.2, 0.25) is 0 Å². The number of ether oxygens (including phenoxy) is 1. The van der Waals surface area contributed by atoms with Crippen molar-refractivity contribution in [3.05, 3.63) is 23.8 Å². The summed E-state index contributed by atoms with van der Waals surface area (Å²) >= 11 is 0. The van der Waals surface area contributed by atoms with Crippen molar-refractivity contribution in [1.82, 2.24) is 5.32 Å². The molecule has 0 aliphatic rings. The van der Waals surface area contributed by atoms with E-state index in [0.29, 0.717) is 12.3 Å². The van der Waals surface area contributed by atoms with E-state index in [2.05, 4.69) is 5.32 Å². The van der Waals surface area contributed by atoms with E-state index in [1.807, 2.05) is 0 Å². The number of aromatic hydroxyl groups is 1. The summed E-state index contributed by atoms with van der Waals surface area (Å²) in [6, 6.07) is 4.38. The second-order valence-electron chi connectivity index (χ2n) is 3.49. The predicted molar refractivity (Wildman–Crippen MR) is 60.6 cm³/mol. The van der Waals surface area contributed by atoms with Gasteiger partial charge in [0.1, 0.15) is 11.5 Å². The molecule has 0 aliphatic carbocycles. The number of benzene rings is 1. The molecular weight excluding hydrogens is 208 g/mol. The second-order valence-corrected chi connectivity index (χ2v) is 3.49. The van der Waals surface area contributed by atoms with Crippen LogP contribution in [0.4, 0.5) is 0 Å². The summed E-state index contributed by atoms with van der Waals surface area (Å²) in [7, 11) is 1.49. The molecule has 0 heterocycles. The predicted octanol–water partition coefficient (Wildman–Crippen LogP) is 0.478. The minimum Gasteiger partial charge on any atom is -0.507 e. The number of amides is 1. The number of rotatable bonds is 4. The molecule has 1 aromatic carbocycles. The zero-order valence-electron chi connectivity index (χ0n) is 9.36. The van der Waals surface area contributed by atoms with Gasteiger partial charge in [0.15, 0.2) is 0 Å². The summed E-state index contributed by atoms with van der Waals surface area (Å²) < 4.78 is 4.92. The normalized spacial score (nSPS) is 11.9. The number of hydrogen-bond acceptors (Lipinski definition) is 4. The van der Waals surface area contributed by atoms with Gasteiger partial charge < -0.3 is 20.9 Å². The fraction of sp³-hybridized carbons (Fsp3) is 0.364. The highest BCUT2D eigenvalue weighted by molar-refractivity contribution is 5.97. The van der Waals surface area contributed by atoms with Gasteiger partial charge in [0.25, 0.3) is 5.91 Å². The van der Waals surface area contributed by atoms with E-state index >= 15 is 0 Å². The first-order valence-electron chi connectivity index (χ1n) is 4.96. The Morgan fingerprint density at radius 3 is 2.81 bits per heavy atom. The number of hydrogen-bond donors (Lipinski definition) is 3. The Balaban J connectivity index is 2.84. The molecule has 4 N–H and O–H groups in total. The minimum absolute atomic E-state index is 0.110. The van der Waals surface area contributed by atoms with E-state index < -0.39 is 0 Å². The minimum atomic E-state index is -0.349. The highest BCUT2D eigenvalue weighted by Gasteiger charge is 2.13. The van der Waals surface area contributed by atoms with Crippen LogP contribution in [-0.2, 0) is 0 Å². The van der Waals surface area contributed by atoms with Crippen molar-refractivity contribution in [3.63, 3.8) is 0 Å². The van der Waals surface area contributed by atoms with Gasteiger partial charge in [-0.3, -0.25) is 4.79 Å². The molecule has 0 spiro atoms.